The topological polar surface area (TPSA) is 40.5 Å². The fourth-order valence-electron chi connectivity index (χ4n) is 4.09. The first-order valence-electron chi connectivity index (χ1n) is 13.1. The van der Waals surface area contributed by atoms with E-state index in [1.807, 2.05) is 0 Å². The number of hydrogen-bond acceptors (Lipinski definition) is 2. The molecule has 0 radical (unpaired) electrons. The van der Waals surface area contributed by atoms with E-state index in [2.05, 4.69) is 38.1 Å². The van der Waals surface area contributed by atoms with Crippen LogP contribution in [-0.4, -0.2) is 36.6 Å². The largest absolute Gasteiger partial charge is 0.481 e. The van der Waals surface area contributed by atoms with Crippen LogP contribution < -0.4 is 0 Å². The highest BCUT2D eigenvalue weighted by atomic mass is 16.4. The standard InChI is InChI=1S/C27H53NO2/c1-4-5-6-18-21-26(24-25-28(2)3)22-19-16-14-12-10-8-7-9-11-13-15-17-20-23-27(29)30/h9,11,26H,4-8,10,12-25H2,1-3H3,(H,29,30). The molecule has 0 heterocycles. The summed E-state index contributed by atoms with van der Waals surface area (Å²) < 4.78 is 0. The summed E-state index contributed by atoms with van der Waals surface area (Å²) in [4.78, 5) is 12.8. The Kier molecular flexibility index (Phi) is 22.2. The van der Waals surface area contributed by atoms with E-state index in [-0.39, 0.29) is 0 Å². The summed E-state index contributed by atoms with van der Waals surface area (Å²) in [5, 5.41) is 8.60. The number of nitrogens with zero attached hydrogens (tertiary/aromatic N) is 1. The molecule has 30 heavy (non-hydrogen) atoms. The number of carboxylic acid groups (broad SMARTS) is 1. The molecule has 0 aromatic heterocycles. The van der Waals surface area contributed by atoms with Crippen molar-refractivity contribution >= 4 is 5.97 Å². The number of allylic oxidation sites excluding steroid dienone is 2. The molecule has 178 valence electrons. The molecule has 0 saturated carbocycles. The third-order valence-electron chi connectivity index (χ3n) is 6.11. The second kappa shape index (κ2) is 22.8. The first kappa shape index (κ1) is 29.2. The average Bonchev–Trinajstić information content (AvgIpc) is 2.71. The molecule has 0 amide bonds. The summed E-state index contributed by atoms with van der Waals surface area (Å²) >= 11 is 0. The van der Waals surface area contributed by atoms with Gasteiger partial charge < -0.3 is 10.0 Å². The van der Waals surface area contributed by atoms with Crippen LogP contribution in [0, 0.1) is 5.92 Å². The van der Waals surface area contributed by atoms with Gasteiger partial charge in [0.2, 0.25) is 0 Å². The maximum atomic E-state index is 10.4. The highest BCUT2D eigenvalue weighted by Gasteiger charge is 2.09. The van der Waals surface area contributed by atoms with Crippen molar-refractivity contribution in [3.05, 3.63) is 12.2 Å². The highest BCUT2D eigenvalue weighted by molar-refractivity contribution is 5.66. The van der Waals surface area contributed by atoms with Crippen LogP contribution >= 0.6 is 0 Å². The molecule has 0 rings (SSSR count). The monoisotopic (exact) mass is 423 g/mol. The Balaban J connectivity index is 3.54. The number of rotatable bonds is 23. The maximum absolute atomic E-state index is 10.4. The smallest absolute Gasteiger partial charge is 0.303 e. The molecule has 0 fully saturated rings. The zero-order valence-corrected chi connectivity index (χ0v) is 20.7. The van der Waals surface area contributed by atoms with Crippen molar-refractivity contribution < 1.29 is 9.90 Å². The number of unbranched alkanes of at least 4 members (excludes halogenated alkanes) is 12. The average molecular weight is 424 g/mol. The lowest BCUT2D eigenvalue weighted by atomic mass is 9.91. The van der Waals surface area contributed by atoms with E-state index < -0.39 is 5.97 Å². The van der Waals surface area contributed by atoms with Crippen LogP contribution in [0.4, 0.5) is 0 Å². The van der Waals surface area contributed by atoms with Gasteiger partial charge in [0.15, 0.2) is 0 Å². The summed E-state index contributed by atoms with van der Waals surface area (Å²) in [6.07, 6.45) is 28.4. The van der Waals surface area contributed by atoms with Crippen molar-refractivity contribution in [2.75, 3.05) is 20.6 Å². The van der Waals surface area contributed by atoms with E-state index in [4.69, 9.17) is 5.11 Å². The molecule has 0 aliphatic heterocycles. The van der Waals surface area contributed by atoms with Crippen molar-refractivity contribution in [1.82, 2.24) is 4.90 Å². The van der Waals surface area contributed by atoms with E-state index in [1.165, 1.54) is 96.4 Å². The van der Waals surface area contributed by atoms with Gasteiger partial charge in [0.1, 0.15) is 0 Å². The Morgan fingerprint density at radius 3 is 1.77 bits per heavy atom. The quantitative estimate of drug-likeness (QED) is 0.133. The summed E-state index contributed by atoms with van der Waals surface area (Å²) in [5.74, 6) is 0.274. The van der Waals surface area contributed by atoms with E-state index in [0.29, 0.717) is 6.42 Å². The Hall–Kier alpha value is -0.830. The third-order valence-corrected chi connectivity index (χ3v) is 6.11. The number of hydrogen-bond donors (Lipinski definition) is 1. The number of carboxylic acids is 1. The van der Waals surface area contributed by atoms with Gasteiger partial charge in [-0.2, -0.15) is 0 Å². The van der Waals surface area contributed by atoms with E-state index in [9.17, 15) is 4.79 Å². The van der Waals surface area contributed by atoms with Crippen molar-refractivity contribution in [3.8, 4) is 0 Å². The molecule has 1 unspecified atom stereocenters. The van der Waals surface area contributed by atoms with Crippen LogP contribution in [0.3, 0.4) is 0 Å². The highest BCUT2D eigenvalue weighted by Crippen LogP contribution is 2.22. The van der Waals surface area contributed by atoms with Gasteiger partial charge in [0.25, 0.3) is 0 Å². The molecular formula is C27H53NO2. The molecule has 0 spiro atoms. The summed E-state index contributed by atoms with van der Waals surface area (Å²) in [5.41, 5.74) is 0. The van der Waals surface area contributed by atoms with Gasteiger partial charge in [-0.05, 0) is 65.1 Å². The summed E-state index contributed by atoms with van der Waals surface area (Å²) in [6.45, 7) is 3.54. The minimum Gasteiger partial charge on any atom is -0.481 e. The van der Waals surface area contributed by atoms with Gasteiger partial charge in [-0.25, -0.2) is 0 Å². The Labute approximate surface area is 188 Å². The molecular weight excluding hydrogens is 370 g/mol. The van der Waals surface area contributed by atoms with Crippen molar-refractivity contribution in [3.63, 3.8) is 0 Å². The van der Waals surface area contributed by atoms with Gasteiger partial charge in [-0.15, -0.1) is 0 Å². The van der Waals surface area contributed by atoms with Gasteiger partial charge >= 0.3 is 5.97 Å². The Morgan fingerprint density at radius 2 is 1.23 bits per heavy atom. The molecule has 3 heteroatoms. The maximum Gasteiger partial charge on any atom is 0.303 e. The van der Waals surface area contributed by atoms with Crippen molar-refractivity contribution in [2.45, 2.75) is 129 Å². The lowest BCUT2D eigenvalue weighted by Crippen LogP contribution is -2.17. The van der Waals surface area contributed by atoms with Gasteiger partial charge in [-0.3, -0.25) is 4.79 Å². The Morgan fingerprint density at radius 1 is 0.733 bits per heavy atom. The molecule has 0 aromatic carbocycles. The Bertz CT molecular complexity index is 392. The van der Waals surface area contributed by atoms with E-state index >= 15 is 0 Å². The zero-order valence-electron chi connectivity index (χ0n) is 20.7. The van der Waals surface area contributed by atoms with Crippen molar-refractivity contribution in [1.29, 1.82) is 0 Å². The predicted molar refractivity (Wildman–Crippen MR) is 132 cm³/mol. The van der Waals surface area contributed by atoms with Gasteiger partial charge in [0, 0.05) is 6.42 Å². The zero-order chi connectivity index (χ0) is 22.3. The third kappa shape index (κ3) is 23.4. The molecule has 0 saturated heterocycles. The van der Waals surface area contributed by atoms with Crippen LogP contribution in [0.25, 0.3) is 0 Å². The predicted octanol–water partition coefficient (Wildman–Crippen LogP) is 8.24. The number of carbonyl (C=O) groups is 1. The molecule has 0 aromatic rings. The van der Waals surface area contributed by atoms with Gasteiger partial charge in [-0.1, -0.05) is 96.1 Å². The fourth-order valence-corrected chi connectivity index (χ4v) is 4.09. The molecule has 0 aliphatic carbocycles. The summed E-state index contributed by atoms with van der Waals surface area (Å²) in [6, 6.07) is 0. The van der Waals surface area contributed by atoms with Crippen molar-refractivity contribution in [2.24, 2.45) is 5.92 Å². The lowest BCUT2D eigenvalue weighted by molar-refractivity contribution is -0.137. The fraction of sp³-hybridized carbons (Fsp3) is 0.889. The molecule has 0 aliphatic rings. The minimum absolute atomic E-state index is 0.319. The minimum atomic E-state index is -0.669. The molecule has 3 nitrogen and oxygen atoms in total. The molecule has 0 bridgehead atoms. The van der Waals surface area contributed by atoms with Gasteiger partial charge in [0.05, 0.1) is 0 Å². The number of aliphatic carboxylic acids is 1. The van der Waals surface area contributed by atoms with Crippen LogP contribution in [0.15, 0.2) is 12.2 Å². The molecule has 1 atom stereocenters. The first-order chi connectivity index (χ1) is 14.6. The molecule has 1 N–H and O–H groups in total. The summed E-state index contributed by atoms with van der Waals surface area (Å²) in [7, 11) is 4.40. The normalized spacial score (nSPS) is 12.8. The lowest BCUT2D eigenvalue weighted by Gasteiger charge is -2.19. The van der Waals surface area contributed by atoms with Crippen LogP contribution in [0.2, 0.25) is 0 Å². The van der Waals surface area contributed by atoms with Crippen LogP contribution in [0.5, 0.6) is 0 Å². The first-order valence-corrected chi connectivity index (χ1v) is 13.1. The van der Waals surface area contributed by atoms with E-state index in [1.54, 1.807) is 0 Å². The van der Waals surface area contributed by atoms with E-state index in [0.717, 1.165) is 31.6 Å². The SMILES string of the molecule is CCCCCCC(CCCCCCCCC=CCCCCCC(=O)O)CCN(C)C. The van der Waals surface area contributed by atoms with Crippen LogP contribution in [-0.2, 0) is 4.79 Å². The second-order valence-corrected chi connectivity index (χ2v) is 9.47. The van der Waals surface area contributed by atoms with Crippen LogP contribution in [0.1, 0.15) is 129 Å². The second-order valence-electron chi connectivity index (χ2n) is 9.47.